The van der Waals surface area contributed by atoms with Gasteiger partial charge < -0.3 is 4.90 Å². The molecule has 0 amide bonds. The van der Waals surface area contributed by atoms with E-state index in [0.717, 1.165) is 11.4 Å². The van der Waals surface area contributed by atoms with E-state index in [1.54, 1.807) is 0 Å². The molecule has 1 aliphatic carbocycles. The van der Waals surface area contributed by atoms with E-state index in [9.17, 15) is 0 Å². The van der Waals surface area contributed by atoms with Crippen LogP contribution in [-0.4, -0.2) is 0 Å². The van der Waals surface area contributed by atoms with E-state index in [1.165, 1.54) is 90.5 Å². The van der Waals surface area contributed by atoms with Crippen LogP contribution in [0.4, 0.5) is 17.1 Å². The van der Waals surface area contributed by atoms with Crippen molar-refractivity contribution in [2.45, 2.75) is 19.3 Å². The van der Waals surface area contributed by atoms with E-state index >= 15 is 0 Å². The van der Waals surface area contributed by atoms with Gasteiger partial charge in [-0.1, -0.05) is 147 Å². The molecule has 0 aliphatic heterocycles. The minimum atomic E-state index is -0.113. The molecular weight excluding hydrogens is 691 g/mol. The Bertz CT molecular complexity index is 3070. The number of thiophene rings is 2. The van der Waals surface area contributed by atoms with Crippen molar-refractivity contribution in [1.29, 1.82) is 0 Å². The molecule has 0 radical (unpaired) electrons. The first-order chi connectivity index (χ1) is 26.5. The van der Waals surface area contributed by atoms with Gasteiger partial charge in [0, 0.05) is 62.7 Å². The first-order valence-electron chi connectivity index (χ1n) is 18.6. The predicted octanol–water partition coefficient (Wildman–Crippen LogP) is 15.5. The van der Waals surface area contributed by atoms with Crippen LogP contribution in [0, 0.1) is 0 Å². The molecule has 0 bridgehead atoms. The Hall–Kier alpha value is -6.00. The highest BCUT2D eigenvalue weighted by Crippen LogP contribution is 2.53. The zero-order valence-electron chi connectivity index (χ0n) is 30.0. The van der Waals surface area contributed by atoms with Crippen LogP contribution < -0.4 is 4.90 Å². The lowest BCUT2D eigenvalue weighted by Gasteiger charge is -2.30. The number of rotatable bonds is 5. The summed E-state index contributed by atoms with van der Waals surface area (Å²) < 4.78 is 5.29. The molecule has 0 atom stereocenters. The number of benzene rings is 8. The highest BCUT2D eigenvalue weighted by Gasteiger charge is 2.36. The zero-order chi connectivity index (χ0) is 36.0. The second-order valence-corrected chi connectivity index (χ2v) is 17.0. The minimum absolute atomic E-state index is 0.113. The van der Waals surface area contributed by atoms with E-state index in [0.29, 0.717) is 0 Å². The molecule has 8 aromatic carbocycles. The van der Waals surface area contributed by atoms with Crippen molar-refractivity contribution in [2.24, 2.45) is 0 Å². The maximum atomic E-state index is 2.50. The summed E-state index contributed by atoms with van der Waals surface area (Å²) in [5.74, 6) is 0. The van der Waals surface area contributed by atoms with Gasteiger partial charge in [-0.15, -0.1) is 22.7 Å². The highest BCUT2D eigenvalue weighted by atomic mass is 32.1. The minimum Gasteiger partial charge on any atom is -0.310 e. The molecule has 3 heteroatoms. The lowest BCUT2D eigenvalue weighted by molar-refractivity contribution is 0.660. The monoisotopic (exact) mass is 725 g/mol. The van der Waals surface area contributed by atoms with Crippen molar-refractivity contribution in [1.82, 2.24) is 0 Å². The normalized spacial score (nSPS) is 13.1. The van der Waals surface area contributed by atoms with Crippen molar-refractivity contribution in [3.63, 3.8) is 0 Å². The average molecular weight is 726 g/mol. The van der Waals surface area contributed by atoms with Gasteiger partial charge in [-0.2, -0.15) is 0 Å². The second-order valence-electron chi connectivity index (χ2n) is 14.9. The van der Waals surface area contributed by atoms with E-state index < -0.39 is 0 Å². The summed E-state index contributed by atoms with van der Waals surface area (Å²) in [6, 6.07) is 65.3. The van der Waals surface area contributed by atoms with Crippen LogP contribution in [0.3, 0.4) is 0 Å². The fourth-order valence-electron chi connectivity index (χ4n) is 8.87. The molecule has 10 aromatic rings. The van der Waals surface area contributed by atoms with Crippen LogP contribution in [0.25, 0.3) is 73.7 Å². The third kappa shape index (κ3) is 4.69. The second kappa shape index (κ2) is 12.0. The van der Waals surface area contributed by atoms with E-state index in [-0.39, 0.29) is 5.41 Å². The SMILES string of the molecule is CC1(C)c2ccccc2-c2ccc(N(c3ccc(-c4cccc5c4sc4ccccc45)cc3)c3ccc4c(sc5ccccc54)c3-c3ccccc3)cc21. The lowest BCUT2D eigenvalue weighted by atomic mass is 9.82. The topological polar surface area (TPSA) is 3.24 Å². The molecular formula is C51H35NS2. The standard InChI is InChI=1S/C51H35NS2/c1-51(2)43-20-9-6-15-37(43)38-28-27-35(31-44(38)51)52(34-25-23-32(24-26-34)36-18-12-19-41-39-16-7-10-21-46(39)53-49(36)41)45-30-29-42-40-17-8-11-22-47(40)54-50(42)48(45)33-13-4-3-5-14-33/h3-31H,1-2H3. The molecule has 1 aliphatic rings. The molecule has 1 nitrogen and oxygen atoms in total. The lowest BCUT2D eigenvalue weighted by Crippen LogP contribution is -2.17. The van der Waals surface area contributed by atoms with Gasteiger partial charge in [0.1, 0.15) is 0 Å². The molecule has 0 spiro atoms. The van der Waals surface area contributed by atoms with Crippen molar-refractivity contribution >= 4 is 80.1 Å². The summed E-state index contributed by atoms with van der Waals surface area (Å²) in [6.45, 7) is 4.74. The Morgan fingerprint density at radius 1 is 0.407 bits per heavy atom. The zero-order valence-corrected chi connectivity index (χ0v) is 31.6. The van der Waals surface area contributed by atoms with Crippen molar-refractivity contribution < 1.29 is 0 Å². The number of nitrogens with zero attached hydrogens (tertiary/aromatic N) is 1. The van der Waals surface area contributed by atoms with Gasteiger partial charge in [0.05, 0.1) is 5.69 Å². The van der Waals surface area contributed by atoms with Crippen LogP contribution >= 0.6 is 22.7 Å². The van der Waals surface area contributed by atoms with Gasteiger partial charge in [0.25, 0.3) is 0 Å². The van der Waals surface area contributed by atoms with Crippen molar-refractivity contribution in [3.8, 4) is 33.4 Å². The summed E-state index contributed by atoms with van der Waals surface area (Å²) in [7, 11) is 0. The van der Waals surface area contributed by atoms with Crippen molar-refractivity contribution in [2.75, 3.05) is 4.90 Å². The van der Waals surface area contributed by atoms with Crippen LogP contribution in [0.2, 0.25) is 0 Å². The molecule has 2 heterocycles. The Labute approximate surface area is 323 Å². The Kier molecular flexibility index (Phi) is 7.01. The summed E-state index contributed by atoms with van der Waals surface area (Å²) in [6.07, 6.45) is 0. The number of anilines is 3. The van der Waals surface area contributed by atoms with E-state index in [1.807, 2.05) is 22.7 Å². The maximum absolute atomic E-state index is 2.50. The number of fused-ring (bicyclic) bond motifs is 9. The highest BCUT2D eigenvalue weighted by molar-refractivity contribution is 7.26. The first-order valence-corrected chi connectivity index (χ1v) is 20.2. The molecule has 0 saturated carbocycles. The van der Waals surface area contributed by atoms with Crippen LogP contribution in [0.5, 0.6) is 0 Å². The van der Waals surface area contributed by atoms with Gasteiger partial charge >= 0.3 is 0 Å². The molecule has 11 rings (SSSR count). The Morgan fingerprint density at radius 2 is 1.00 bits per heavy atom. The molecule has 0 fully saturated rings. The van der Waals surface area contributed by atoms with E-state index in [4.69, 9.17) is 0 Å². The molecule has 256 valence electrons. The maximum Gasteiger partial charge on any atom is 0.0554 e. The van der Waals surface area contributed by atoms with Gasteiger partial charge in [0.2, 0.25) is 0 Å². The van der Waals surface area contributed by atoms with Crippen LogP contribution in [0.15, 0.2) is 176 Å². The van der Waals surface area contributed by atoms with Gasteiger partial charge in [-0.25, -0.2) is 0 Å². The summed E-state index contributed by atoms with van der Waals surface area (Å²) in [4.78, 5) is 2.50. The smallest absolute Gasteiger partial charge is 0.0554 e. The molecule has 0 unspecified atom stereocenters. The van der Waals surface area contributed by atoms with Gasteiger partial charge in [0.15, 0.2) is 0 Å². The fraction of sp³-hybridized carbons (Fsp3) is 0.0588. The fourth-order valence-corrected chi connectivity index (χ4v) is 11.4. The largest absolute Gasteiger partial charge is 0.310 e. The third-order valence-corrected chi connectivity index (χ3v) is 13.9. The predicted molar refractivity (Wildman–Crippen MR) is 235 cm³/mol. The Morgan fingerprint density at radius 3 is 1.78 bits per heavy atom. The molecule has 0 saturated heterocycles. The Balaban J connectivity index is 1.14. The number of hydrogen-bond donors (Lipinski definition) is 0. The summed E-state index contributed by atoms with van der Waals surface area (Å²) >= 11 is 3.78. The average Bonchev–Trinajstić information content (AvgIpc) is 3.86. The van der Waals surface area contributed by atoms with E-state index in [2.05, 4.69) is 195 Å². The molecule has 0 N–H and O–H groups in total. The van der Waals surface area contributed by atoms with Gasteiger partial charge in [-0.05, 0) is 81.4 Å². The van der Waals surface area contributed by atoms with Gasteiger partial charge in [-0.3, -0.25) is 0 Å². The molecule has 54 heavy (non-hydrogen) atoms. The van der Waals surface area contributed by atoms with Crippen LogP contribution in [-0.2, 0) is 5.41 Å². The quantitative estimate of drug-likeness (QED) is 0.171. The summed E-state index contributed by atoms with van der Waals surface area (Å²) in [5, 5.41) is 5.26. The first kappa shape index (κ1) is 31.5. The molecule has 2 aromatic heterocycles. The third-order valence-electron chi connectivity index (χ3n) is 11.5. The summed E-state index contributed by atoms with van der Waals surface area (Å²) in [5.41, 5.74) is 13.8. The number of hydrogen-bond acceptors (Lipinski definition) is 3. The van der Waals surface area contributed by atoms with Crippen molar-refractivity contribution in [3.05, 3.63) is 187 Å². The van der Waals surface area contributed by atoms with Crippen LogP contribution in [0.1, 0.15) is 25.0 Å².